The number of para-hydroxylation sites is 1. The predicted molar refractivity (Wildman–Crippen MR) is 115 cm³/mol. The van der Waals surface area contributed by atoms with Crippen LogP contribution in [0.5, 0.6) is 5.75 Å². The molecule has 0 spiro atoms. The molecule has 30 heavy (non-hydrogen) atoms. The fourth-order valence-corrected chi connectivity index (χ4v) is 3.65. The first-order chi connectivity index (χ1) is 14.3. The minimum absolute atomic E-state index is 0.0881. The zero-order chi connectivity index (χ0) is 21.7. The van der Waals surface area contributed by atoms with Gasteiger partial charge in [0.05, 0.1) is 23.2 Å². The van der Waals surface area contributed by atoms with Crippen LogP contribution >= 0.6 is 0 Å². The van der Waals surface area contributed by atoms with Crippen molar-refractivity contribution < 1.29 is 22.7 Å². The summed E-state index contributed by atoms with van der Waals surface area (Å²) >= 11 is 0. The van der Waals surface area contributed by atoms with Crippen molar-refractivity contribution in [1.82, 2.24) is 4.90 Å². The van der Waals surface area contributed by atoms with E-state index in [1.165, 1.54) is 7.05 Å². The normalized spacial score (nSPS) is 13.7. The second-order valence-electron chi connectivity index (χ2n) is 7.11. The highest BCUT2D eigenvalue weighted by molar-refractivity contribution is 7.92. The molecule has 0 unspecified atom stereocenters. The largest absolute Gasteiger partial charge is 0.484 e. The Balaban J connectivity index is 1.60. The van der Waals surface area contributed by atoms with Crippen LogP contribution in [0, 0.1) is 0 Å². The first kappa shape index (κ1) is 21.6. The number of likely N-dealkylation sites (tertiary alicyclic amines) is 1. The van der Waals surface area contributed by atoms with Crippen molar-refractivity contribution >= 4 is 33.2 Å². The van der Waals surface area contributed by atoms with Crippen LogP contribution in [0.2, 0.25) is 0 Å². The number of nitrogens with one attached hydrogen (secondary N) is 1. The van der Waals surface area contributed by atoms with Crippen LogP contribution in [0.3, 0.4) is 0 Å². The fraction of sp³-hybridized carbons (Fsp3) is 0.333. The smallest absolute Gasteiger partial charge is 0.262 e. The highest BCUT2D eigenvalue weighted by Gasteiger charge is 2.22. The van der Waals surface area contributed by atoms with Crippen molar-refractivity contribution in [2.24, 2.45) is 0 Å². The third-order valence-corrected chi connectivity index (χ3v) is 6.10. The molecule has 0 atom stereocenters. The van der Waals surface area contributed by atoms with Crippen molar-refractivity contribution in [2.75, 3.05) is 42.6 Å². The summed E-state index contributed by atoms with van der Waals surface area (Å²) in [6, 6.07) is 13.3. The fourth-order valence-electron chi connectivity index (χ4n) is 3.15. The molecule has 2 amide bonds. The van der Waals surface area contributed by atoms with Crippen molar-refractivity contribution in [3.8, 4) is 5.75 Å². The molecule has 0 saturated carbocycles. The molecule has 2 aromatic rings. The molecule has 1 fully saturated rings. The Morgan fingerprint density at radius 3 is 2.33 bits per heavy atom. The van der Waals surface area contributed by atoms with Crippen molar-refractivity contribution in [3.05, 3.63) is 54.1 Å². The van der Waals surface area contributed by atoms with E-state index >= 15 is 0 Å². The number of sulfonamides is 1. The lowest BCUT2D eigenvalue weighted by molar-refractivity contribution is -0.118. The van der Waals surface area contributed by atoms with Crippen LogP contribution in [-0.4, -0.2) is 58.1 Å². The molecule has 3 rings (SSSR count). The Morgan fingerprint density at radius 1 is 1.07 bits per heavy atom. The summed E-state index contributed by atoms with van der Waals surface area (Å²) in [5.74, 6) is -0.0545. The summed E-state index contributed by atoms with van der Waals surface area (Å²) in [5, 5.41) is 2.74. The molecular weight excluding hydrogens is 406 g/mol. The average Bonchev–Trinajstić information content (AvgIpc) is 3.26. The second-order valence-corrected chi connectivity index (χ2v) is 9.12. The molecular formula is C21H25N3O5S. The molecule has 1 N–H and O–H groups in total. The van der Waals surface area contributed by atoms with Gasteiger partial charge in [-0.1, -0.05) is 12.1 Å². The summed E-state index contributed by atoms with van der Waals surface area (Å²) in [6.45, 7) is 1.22. The Labute approximate surface area is 176 Å². The van der Waals surface area contributed by atoms with Gasteiger partial charge in [0.15, 0.2) is 6.61 Å². The lowest BCUT2D eigenvalue weighted by Gasteiger charge is -2.18. The van der Waals surface area contributed by atoms with E-state index in [1.54, 1.807) is 53.4 Å². The average molecular weight is 432 g/mol. The third kappa shape index (κ3) is 5.29. The van der Waals surface area contributed by atoms with E-state index in [1.807, 2.05) is 0 Å². The minimum Gasteiger partial charge on any atom is -0.484 e. The van der Waals surface area contributed by atoms with Crippen LogP contribution in [-0.2, 0) is 14.8 Å². The van der Waals surface area contributed by atoms with Crippen molar-refractivity contribution in [1.29, 1.82) is 0 Å². The van der Waals surface area contributed by atoms with Gasteiger partial charge in [0, 0.05) is 20.1 Å². The Morgan fingerprint density at radius 2 is 1.70 bits per heavy atom. The molecule has 9 heteroatoms. The SMILES string of the molecule is CN(c1ccc(OCC(=O)Nc2ccccc2C(=O)N2CCCC2)cc1)S(C)(=O)=O. The lowest BCUT2D eigenvalue weighted by atomic mass is 10.1. The molecule has 0 radical (unpaired) electrons. The van der Waals surface area contributed by atoms with Crippen LogP contribution < -0.4 is 14.4 Å². The standard InChI is InChI=1S/C21H25N3O5S/c1-23(30(2,27)28)16-9-11-17(12-10-16)29-15-20(25)22-19-8-4-3-7-18(19)21(26)24-13-5-6-14-24/h3-4,7-12H,5-6,13-15H2,1-2H3,(H,22,25). The van der Waals surface area contributed by atoms with Gasteiger partial charge >= 0.3 is 0 Å². The Bertz CT molecular complexity index is 1020. The molecule has 0 bridgehead atoms. The summed E-state index contributed by atoms with van der Waals surface area (Å²) in [5.41, 5.74) is 1.40. The number of carbonyl (C=O) groups excluding carboxylic acids is 2. The number of hydrogen-bond donors (Lipinski definition) is 1. The zero-order valence-corrected chi connectivity index (χ0v) is 17.8. The van der Waals surface area contributed by atoms with Crippen LogP contribution in [0.1, 0.15) is 23.2 Å². The number of anilines is 2. The molecule has 8 nitrogen and oxygen atoms in total. The van der Waals surface area contributed by atoms with Gasteiger partial charge in [-0.05, 0) is 49.2 Å². The molecule has 2 aromatic carbocycles. The summed E-state index contributed by atoms with van der Waals surface area (Å²) in [7, 11) is -1.89. The van der Waals surface area contributed by atoms with Crippen LogP contribution in [0.15, 0.2) is 48.5 Å². The van der Waals surface area contributed by atoms with Gasteiger partial charge in [-0.15, -0.1) is 0 Å². The number of hydrogen-bond acceptors (Lipinski definition) is 5. The monoisotopic (exact) mass is 431 g/mol. The zero-order valence-electron chi connectivity index (χ0n) is 17.0. The molecule has 1 aliphatic heterocycles. The van der Waals surface area contributed by atoms with Gasteiger partial charge in [-0.2, -0.15) is 0 Å². The predicted octanol–water partition coefficient (Wildman–Crippen LogP) is 2.34. The van der Waals surface area contributed by atoms with Crippen LogP contribution in [0.25, 0.3) is 0 Å². The number of ether oxygens (including phenoxy) is 1. The number of amides is 2. The molecule has 160 valence electrons. The van der Waals surface area contributed by atoms with E-state index in [4.69, 9.17) is 4.74 Å². The minimum atomic E-state index is -3.35. The number of rotatable bonds is 7. The van der Waals surface area contributed by atoms with E-state index in [-0.39, 0.29) is 12.5 Å². The van der Waals surface area contributed by atoms with Gasteiger partial charge in [0.25, 0.3) is 11.8 Å². The summed E-state index contributed by atoms with van der Waals surface area (Å²) in [6.07, 6.45) is 3.10. The molecule has 1 aliphatic rings. The second kappa shape index (κ2) is 9.17. The van der Waals surface area contributed by atoms with Gasteiger partial charge in [-0.25, -0.2) is 8.42 Å². The highest BCUT2D eigenvalue weighted by atomic mass is 32.2. The van der Waals surface area contributed by atoms with Crippen molar-refractivity contribution in [3.63, 3.8) is 0 Å². The number of benzene rings is 2. The first-order valence-corrected chi connectivity index (χ1v) is 11.5. The van der Waals surface area contributed by atoms with Crippen LogP contribution in [0.4, 0.5) is 11.4 Å². The Kier molecular flexibility index (Phi) is 6.61. The van der Waals surface area contributed by atoms with E-state index in [0.29, 0.717) is 22.7 Å². The third-order valence-electron chi connectivity index (χ3n) is 4.89. The van der Waals surface area contributed by atoms with Gasteiger partial charge in [0.2, 0.25) is 10.0 Å². The topological polar surface area (TPSA) is 96.0 Å². The highest BCUT2D eigenvalue weighted by Crippen LogP contribution is 2.22. The number of carbonyl (C=O) groups is 2. The van der Waals surface area contributed by atoms with Gasteiger partial charge in [0.1, 0.15) is 5.75 Å². The summed E-state index contributed by atoms with van der Waals surface area (Å²) < 4.78 is 29.8. The number of nitrogens with zero attached hydrogens (tertiary/aromatic N) is 2. The van der Waals surface area contributed by atoms with Gasteiger partial charge in [-0.3, -0.25) is 13.9 Å². The van der Waals surface area contributed by atoms with E-state index < -0.39 is 15.9 Å². The van der Waals surface area contributed by atoms with Gasteiger partial charge < -0.3 is 15.0 Å². The maximum atomic E-state index is 12.7. The maximum Gasteiger partial charge on any atom is 0.262 e. The Hall–Kier alpha value is -3.07. The summed E-state index contributed by atoms with van der Waals surface area (Å²) in [4.78, 5) is 26.8. The van der Waals surface area contributed by atoms with E-state index in [9.17, 15) is 18.0 Å². The van der Waals surface area contributed by atoms with E-state index in [0.717, 1.165) is 36.5 Å². The lowest BCUT2D eigenvalue weighted by Crippen LogP contribution is -2.29. The molecule has 0 aromatic heterocycles. The van der Waals surface area contributed by atoms with E-state index in [2.05, 4.69) is 5.32 Å². The first-order valence-electron chi connectivity index (χ1n) is 9.60. The molecule has 1 heterocycles. The molecule has 1 saturated heterocycles. The van der Waals surface area contributed by atoms with Crippen molar-refractivity contribution in [2.45, 2.75) is 12.8 Å². The maximum absolute atomic E-state index is 12.7. The molecule has 0 aliphatic carbocycles. The quantitative estimate of drug-likeness (QED) is 0.726.